The molecule has 0 radical (unpaired) electrons. The van der Waals surface area contributed by atoms with Gasteiger partial charge in [0, 0.05) is 0 Å². The van der Waals surface area contributed by atoms with Crippen LogP contribution in [-0.4, -0.2) is 35.2 Å². The number of nitrogens with one attached hydrogen (secondary N) is 1. The molecule has 94 valence electrons. The Morgan fingerprint density at radius 1 is 1.33 bits per heavy atom. The Kier molecular flexibility index (Phi) is 3.41. The quantitative estimate of drug-likeness (QED) is 0.753. The summed E-state index contributed by atoms with van der Waals surface area (Å²) in [6.07, 6.45) is 0.200. The lowest BCUT2D eigenvalue weighted by molar-refractivity contribution is -0.149. The van der Waals surface area contributed by atoms with E-state index in [1.54, 1.807) is 6.92 Å². The van der Waals surface area contributed by atoms with E-state index in [0.29, 0.717) is 0 Å². The van der Waals surface area contributed by atoms with E-state index in [-0.39, 0.29) is 18.9 Å². The third kappa shape index (κ3) is 2.56. The normalized spacial score (nSPS) is 19.6. The summed E-state index contributed by atoms with van der Waals surface area (Å²) in [7, 11) is 0. The smallest absolute Gasteiger partial charge is 0.249 e. The SMILES string of the molecule is CC1C(=O)NC(=O)CN1C(=O)Cc1ccccc1. The fraction of sp³-hybridized carbons (Fsp3) is 0.308. The van der Waals surface area contributed by atoms with Crippen LogP contribution in [0.25, 0.3) is 0 Å². The largest absolute Gasteiger partial charge is 0.321 e. The van der Waals surface area contributed by atoms with Crippen LogP contribution in [0.4, 0.5) is 0 Å². The monoisotopic (exact) mass is 246 g/mol. The van der Waals surface area contributed by atoms with Crippen LogP contribution >= 0.6 is 0 Å². The molecule has 0 aliphatic carbocycles. The number of piperazine rings is 1. The fourth-order valence-corrected chi connectivity index (χ4v) is 1.89. The third-order valence-electron chi connectivity index (χ3n) is 2.94. The molecule has 1 aromatic rings. The maximum absolute atomic E-state index is 12.1. The highest BCUT2D eigenvalue weighted by atomic mass is 16.2. The molecule has 1 unspecified atom stereocenters. The zero-order valence-electron chi connectivity index (χ0n) is 10.1. The molecule has 5 nitrogen and oxygen atoms in total. The Bertz CT molecular complexity index is 484. The van der Waals surface area contributed by atoms with Crippen LogP contribution in [0.5, 0.6) is 0 Å². The first-order valence-corrected chi connectivity index (χ1v) is 5.75. The third-order valence-corrected chi connectivity index (χ3v) is 2.94. The first-order valence-electron chi connectivity index (χ1n) is 5.75. The van der Waals surface area contributed by atoms with E-state index in [1.165, 1.54) is 4.90 Å². The number of benzene rings is 1. The van der Waals surface area contributed by atoms with Crippen LogP contribution in [0.1, 0.15) is 12.5 Å². The number of amides is 3. The lowest BCUT2D eigenvalue weighted by Gasteiger charge is -2.31. The van der Waals surface area contributed by atoms with Gasteiger partial charge < -0.3 is 4.90 Å². The van der Waals surface area contributed by atoms with Crippen molar-refractivity contribution < 1.29 is 14.4 Å². The molecule has 2 rings (SSSR count). The Hall–Kier alpha value is -2.17. The predicted molar refractivity (Wildman–Crippen MR) is 64.5 cm³/mol. The molecular weight excluding hydrogens is 232 g/mol. The van der Waals surface area contributed by atoms with Crippen LogP contribution in [0.15, 0.2) is 30.3 Å². The highest BCUT2D eigenvalue weighted by molar-refractivity contribution is 6.04. The molecule has 1 heterocycles. The summed E-state index contributed by atoms with van der Waals surface area (Å²) in [4.78, 5) is 36.1. The van der Waals surface area contributed by atoms with Crippen molar-refractivity contribution in [2.75, 3.05) is 6.54 Å². The first-order chi connectivity index (χ1) is 8.58. The van der Waals surface area contributed by atoms with Crippen molar-refractivity contribution in [1.82, 2.24) is 10.2 Å². The molecule has 18 heavy (non-hydrogen) atoms. The van der Waals surface area contributed by atoms with Gasteiger partial charge in [-0.3, -0.25) is 19.7 Å². The van der Waals surface area contributed by atoms with E-state index >= 15 is 0 Å². The van der Waals surface area contributed by atoms with E-state index in [1.807, 2.05) is 30.3 Å². The van der Waals surface area contributed by atoms with Crippen LogP contribution in [0.2, 0.25) is 0 Å². The maximum atomic E-state index is 12.1. The Labute approximate surface area is 105 Å². The second-order valence-electron chi connectivity index (χ2n) is 4.27. The van der Waals surface area contributed by atoms with E-state index in [0.717, 1.165) is 5.56 Å². The summed E-state index contributed by atoms with van der Waals surface area (Å²) in [5, 5.41) is 2.21. The molecular formula is C13H14N2O3. The summed E-state index contributed by atoms with van der Waals surface area (Å²) in [5.41, 5.74) is 0.869. The van der Waals surface area contributed by atoms with Crippen molar-refractivity contribution in [2.45, 2.75) is 19.4 Å². The topological polar surface area (TPSA) is 66.5 Å². The van der Waals surface area contributed by atoms with Crippen LogP contribution in [-0.2, 0) is 20.8 Å². The summed E-state index contributed by atoms with van der Waals surface area (Å²) in [6.45, 7) is 1.56. The van der Waals surface area contributed by atoms with Crippen molar-refractivity contribution in [1.29, 1.82) is 0 Å². The first kappa shape index (κ1) is 12.3. The fourth-order valence-electron chi connectivity index (χ4n) is 1.89. The van der Waals surface area contributed by atoms with Crippen molar-refractivity contribution in [2.24, 2.45) is 0 Å². The van der Waals surface area contributed by atoms with Crippen molar-refractivity contribution in [3.63, 3.8) is 0 Å². The maximum Gasteiger partial charge on any atom is 0.249 e. The average Bonchev–Trinajstić information content (AvgIpc) is 2.35. The van der Waals surface area contributed by atoms with Crippen molar-refractivity contribution in [3.05, 3.63) is 35.9 Å². The second kappa shape index (κ2) is 5.00. The number of carbonyl (C=O) groups excluding carboxylic acids is 3. The Balaban J connectivity index is 2.08. The predicted octanol–water partition coefficient (Wildman–Crippen LogP) is 0.103. The minimum atomic E-state index is -0.598. The summed E-state index contributed by atoms with van der Waals surface area (Å²) < 4.78 is 0. The molecule has 3 amide bonds. The van der Waals surface area contributed by atoms with Gasteiger partial charge in [0.15, 0.2) is 0 Å². The molecule has 0 spiro atoms. The molecule has 1 saturated heterocycles. The molecule has 1 aliphatic rings. The standard InChI is InChI=1S/C13H14N2O3/c1-9-13(18)14-11(16)8-15(9)12(17)7-10-5-3-2-4-6-10/h2-6,9H,7-8H2,1H3,(H,14,16,18). The average molecular weight is 246 g/mol. The van der Waals surface area contributed by atoms with Crippen LogP contribution in [0, 0.1) is 0 Å². The molecule has 1 N–H and O–H groups in total. The van der Waals surface area contributed by atoms with Crippen LogP contribution < -0.4 is 5.32 Å². The zero-order chi connectivity index (χ0) is 13.1. The van der Waals surface area contributed by atoms with Gasteiger partial charge in [-0.25, -0.2) is 0 Å². The van der Waals surface area contributed by atoms with E-state index in [4.69, 9.17) is 0 Å². The highest BCUT2D eigenvalue weighted by Crippen LogP contribution is 2.09. The van der Waals surface area contributed by atoms with Gasteiger partial charge >= 0.3 is 0 Å². The summed E-state index contributed by atoms with van der Waals surface area (Å²) in [5.74, 6) is -1.07. The van der Waals surface area contributed by atoms with Gasteiger partial charge in [-0.15, -0.1) is 0 Å². The lowest BCUT2D eigenvalue weighted by atomic mass is 10.1. The number of hydrogen-bond donors (Lipinski definition) is 1. The van der Waals surface area contributed by atoms with Gasteiger partial charge in [0.05, 0.1) is 6.42 Å². The lowest BCUT2D eigenvalue weighted by Crippen LogP contribution is -2.58. The van der Waals surface area contributed by atoms with Gasteiger partial charge in [-0.1, -0.05) is 30.3 Å². The van der Waals surface area contributed by atoms with E-state index < -0.39 is 17.9 Å². The second-order valence-corrected chi connectivity index (χ2v) is 4.27. The number of imide groups is 1. The van der Waals surface area contributed by atoms with Gasteiger partial charge in [-0.05, 0) is 12.5 Å². The zero-order valence-corrected chi connectivity index (χ0v) is 10.1. The summed E-state index contributed by atoms with van der Waals surface area (Å²) >= 11 is 0. The van der Waals surface area contributed by atoms with Gasteiger partial charge in [0.25, 0.3) is 0 Å². The molecule has 0 saturated carbocycles. The number of nitrogens with zero attached hydrogens (tertiary/aromatic N) is 1. The van der Waals surface area contributed by atoms with Crippen molar-refractivity contribution in [3.8, 4) is 0 Å². The number of carbonyl (C=O) groups is 3. The number of hydrogen-bond acceptors (Lipinski definition) is 3. The van der Waals surface area contributed by atoms with E-state index in [9.17, 15) is 14.4 Å². The molecule has 1 atom stereocenters. The minimum absolute atomic E-state index is 0.0570. The molecule has 1 aromatic carbocycles. The van der Waals surface area contributed by atoms with Gasteiger partial charge in [0.2, 0.25) is 17.7 Å². The number of rotatable bonds is 2. The van der Waals surface area contributed by atoms with Crippen LogP contribution in [0.3, 0.4) is 0 Å². The van der Waals surface area contributed by atoms with Gasteiger partial charge in [-0.2, -0.15) is 0 Å². The molecule has 1 fully saturated rings. The van der Waals surface area contributed by atoms with Crippen molar-refractivity contribution >= 4 is 17.7 Å². The Morgan fingerprint density at radius 3 is 2.67 bits per heavy atom. The highest BCUT2D eigenvalue weighted by Gasteiger charge is 2.33. The molecule has 1 aliphatic heterocycles. The molecule has 0 bridgehead atoms. The summed E-state index contributed by atoms with van der Waals surface area (Å²) in [6, 6.07) is 8.65. The van der Waals surface area contributed by atoms with Gasteiger partial charge in [0.1, 0.15) is 12.6 Å². The molecule has 5 heteroatoms. The van der Waals surface area contributed by atoms with E-state index in [2.05, 4.69) is 5.32 Å². The minimum Gasteiger partial charge on any atom is -0.321 e. The Morgan fingerprint density at radius 2 is 2.00 bits per heavy atom. The molecule has 0 aromatic heterocycles.